The monoisotopic (exact) mass is 396 g/mol. The number of hydrogen-bond acceptors (Lipinski definition) is 4. The molecule has 3 aromatic carbocycles. The fourth-order valence-electron chi connectivity index (χ4n) is 2.99. The molecule has 28 heavy (non-hydrogen) atoms. The minimum atomic E-state index is 1.01. The quantitative estimate of drug-likeness (QED) is 0.320. The van der Waals surface area contributed by atoms with Crippen molar-refractivity contribution >= 4 is 67.4 Å². The Morgan fingerprint density at radius 3 is 1.46 bits per heavy atom. The first kappa shape index (κ1) is 17.0. The van der Waals surface area contributed by atoms with Gasteiger partial charge in [-0.1, -0.05) is 72.8 Å². The second-order valence-electron chi connectivity index (χ2n) is 6.38. The van der Waals surface area contributed by atoms with Gasteiger partial charge >= 0.3 is 0 Å². The van der Waals surface area contributed by atoms with Gasteiger partial charge < -0.3 is 0 Å². The van der Waals surface area contributed by atoms with E-state index in [4.69, 9.17) is 9.97 Å². The van der Waals surface area contributed by atoms with Crippen LogP contribution in [0.15, 0.2) is 72.8 Å². The summed E-state index contributed by atoms with van der Waals surface area (Å²) in [6.45, 7) is 0. The van der Waals surface area contributed by atoms with Crippen molar-refractivity contribution < 1.29 is 0 Å². The van der Waals surface area contributed by atoms with Crippen LogP contribution in [0.1, 0.15) is 21.1 Å². The van der Waals surface area contributed by atoms with Crippen LogP contribution in [0.3, 0.4) is 0 Å². The van der Waals surface area contributed by atoms with E-state index >= 15 is 0 Å². The van der Waals surface area contributed by atoms with E-state index < -0.39 is 0 Å². The van der Waals surface area contributed by atoms with Gasteiger partial charge in [-0.3, -0.25) is 0 Å². The molecule has 0 aliphatic heterocycles. The van der Waals surface area contributed by atoms with Crippen molar-refractivity contribution in [3.8, 4) is 0 Å². The summed E-state index contributed by atoms with van der Waals surface area (Å²) in [5.74, 6) is 0. The Balaban J connectivity index is 1.44. The maximum absolute atomic E-state index is 4.76. The zero-order valence-electron chi connectivity index (χ0n) is 14.9. The summed E-state index contributed by atoms with van der Waals surface area (Å²) in [6, 6.07) is 24.9. The predicted molar refractivity (Wildman–Crippen MR) is 124 cm³/mol. The molecule has 2 heterocycles. The average molecular weight is 397 g/mol. The van der Waals surface area contributed by atoms with E-state index in [0.717, 1.165) is 21.0 Å². The van der Waals surface area contributed by atoms with Crippen molar-refractivity contribution in [3.63, 3.8) is 0 Å². The topological polar surface area (TPSA) is 25.8 Å². The van der Waals surface area contributed by atoms with E-state index in [0.29, 0.717) is 0 Å². The second-order valence-corrected chi connectivity index (χ2v) is 8.50. The lowest BCUT2D eigenvalue weighted by atomic mass is 10.2. The molecule has 5 aromatic rings. The van der Waals surface area contributed by atoms with Crippen LogP contribution in [0.2, 0.25) is 0 Å². The average Bonchev–Trinajstić information content (AvgIpc) is 3.32. The normalized spacial score (nSPS) is 12.0. The number of nitrogens with zero attached hydrogens (tertiary/aromatic N) is 2. The molecule has 0 fully saturated rings. The van der Waals surface area contributed by atoms with Crippen LogP contribution in [0.25, 0.3) is 44.7 Å². The fraction of sp³-hybridized carbons (Fsp3) is 0. The maximum atomic E-state index is 4.76. The molecule has 0 aliphatic carbocycles. The third-order valence-corrected chi connectivity index (χ3v) is 6.33. The van der Waals surface area contributed by atoms with Gasteiger partial charge in [0.25, 0.3) is 0 Å². The fourth-order valence-corrected chi connectivity index (χ4v) is 4.85. The number of fused-ring (bicyclic) bond motifs is 2. The molecule has 0 spiro atoms. The zero-order chi connectivity index (χ0) is 18.8. The molecule has 0 aliphatic rings. The van der Waals surface area contributed by atoms with Crippen molar-refractivity contribution in [2.45, 2.75) is 0 Å². The van der Waals surface area contributed by atoms with E-state index in [1.165, 1.54) is 20.5 Å². The molecule has 0 unspecified atom stereocenters. The predicted octanol–water partition coefficient (Wildman–Crippen LogP) is 7.25. The highest BCUT2D eigenvalue weighted by molar-refractivity contribution is 7.21. The van der Waals surface area contributed by atoms with E-state index in [-0.39, 0.29) is 0 Å². The molecule has 0 atom stereocenters. The Kier molecular flexibility index (Phi) is 4.57. The number of aromatic nitrogens is 2. The van der Waals surface area contributed by atoms with Crippen LogP contribution in [0.4, 0.5) is 0 Å². The second kappa shape index (κ2) is 7.50. The SMILES string of the molecule is C(=C/c1nc2cc3nc(/C=C\c4ccccc4)sc3cc2s1)/c1ccccc1. The summed E-state index contributed by atoms with van der Waals surface area (Å²) in [5.41, 5.74) is 4.38. The number of hydrogen-bond donors (Lipinski definition) is 0. The Morgan fingerprint density at radius 2 is 1.00 bits per heavy atom. The van der Waals surface area contributed by atoms with Gasteiger partial charge in [-0.25, -0.2) is 9.97 Å². The van der Waals surface area contributed by atoms with Crippen LogP contribution in [-0.4, -0.2) is 9.97 Å². The number of thiazole rings is 2. The van der Waals surface area contributed by atoms with Gasteiger partial charge in [0.1, 0.15) is 10.0 Å². The molecule has 0 bridgehead atoms. The first-order chi connectivity index (χ1) is 13.8. The largest absolute Gasteiger partial charge is 0.237 e. The Labute approximate surface area is 171 Å². The Morgan fingerprint density at radius 1 is 0.536 bits per heavy atom. The van der Waals surface area contributed by atoms with Gasteiger partial charge in [-0.15, -0.1) is 22.7 Å². The third kappa shape index (κ3) is 3.65. The van der Waals surface area contributed by atoms with Crippen LogP contribution in [0, 0.1) is 0 Å². The summed E-state index contributed by atoms with van der Waals surface area (Å²) in [5, 5.41) is 2.03. The first-order valence-electron chi connectivity index (χ1n) is 9.01. The lowest BCUT2D eigenvalue weighted by Gasteiger charge is -1.89. The molecule has 2 aromatic heterocycles. The molecular formula is C24H16N2S2. The van der Waals surface area contributed by atoms with Crippen molar-refractivity contribution in [2.75, 3.05) is 0 Å². The molecule has 0 radical (unpaired) electrons. The molecule has 4 heteroatoms. The van der Waals surface area contributed by atoms with Crippen molar-refractivity contribution in [1.29, 1.82) is 0 Å². The highest BCUT2D eigenvalue weighted by atomic mass is 32.1. The molecule has 0 saturated heterocycles. The Bertz CT molecular complexity index is 1150. The van der Waals surface area contributed by atoms with E-state index in [2.05, 4.69) is 60.7 Å². The van der Waals surface area contributed by atoms with Crippen molar-refractivity contribution in [2.24, 2.45) is 0 Å². The molecule has 2 nitrogen and oxygen atoms in total. The molecule has 0 N–H and O–H groups in total. The summed E-state index contributed by atoms with van der Waals surface area (Å²) in [4.78, 5) is 9.52. The van der Waals surface area contributed by atoms with Crippen LogP contribution in [-0.2, 0) is 0 Å². The van der Waals surface area contributed by atoms with Crippen molar-refractivity contribution in [1.82, 2.24) is 9.97 Å². The zero-order valence-corrected chi connectivity index (χ0v) is 16.6. The van der Waals surface area contributed by atoms with E-state index in [1.54, 1.807) is 22.7 Å². The molecule has 5 rings (SSSR count). The van der Waals surface area contributed by atoms with Gasteiger partial charge in [0.05, 0.1) is 20.4 Å². The standard InChI is InChI=1S/C24H16N2S2/c1-3-7-17(8-4-1)11-13-23-25-19-15-20-22(16-21(19)27-23)28-24(26-20)14-12-18-9-5-2-6-10-18/h1-16H/b13-11-,14-12-. The van der Waals surface area contributed by atoms with Gasteiger partial charge in [-0.05, 0) is 35.4 Å². The van der Waals surface area contributed by atoms with Crippen LogP contribution in [0.5, 0.6) is 0 Å². The Hall–Kier alpha value is -3.08. The molecule has 0 saturated carbocycles. The van der Waals surface area contributed by atoms with Crippen LogP contribution < -0.4 is 0 Å². The smallest absolute Gasteiger partial charge is 0.117 e. The molecule has 0 amide bonds. The minimum Gasteiger partial charge on any atom is -0.237 e. The summed E-state index contributed by atoms with van der Waals surface area (Å²) in [7, 11) is 0. The molecule has 134 valence electrons. The van der Waals surface area contributed by atoms with E-state index in [9.17, 15) is 0 Å². The van der Waals surface area contributed by atoms with E-state index in [1.807, 2.05) is 36.4 Å². The van der Waals surface area contributed by atoms with Gasteiger partial charge in [0, 0.05) is 0 Å². The van der Waals surface area contributed by atoms with Gasteiger partial charge in [0.15, 0.2) is 0 Å². The summed E-state index contributed by atoms with van der Waals surface area (Å²) in [6.07, 6.45) is 8.36. The van der Waals surface area contributed by atoms with Crippen molar-refractivity contribution in [3.05, 3.63) is 93.9 Å². The first-order valence-corrected chi connectivity index (χ1v) is 10.6. The lowest BCUT2D eigenvalue weighted by molar-refractivity contribution is 1.44. The summed E-state index contributed by atoms with van der Waals surface area (Å²) >= 11 is 3.43. The molecular weight excluding hydrogens is 380 g/mol. The minimum absolute atomic E-state index is 1.01. The van der Waals surface area contributed by atoms with Gasteiger partial charge in [-0.2, -0.15) is 0 Å². The van der Waals surface area contributed by atoms with Gasteiger partial charge in [0.2, 0.25) is 0 Å². The lowest BCUT2D eigenvalue weighted by Crippen LogP contribution is -1.73. The van der Waals surface area contributed by atoms with Crippen LogP contribution >= 0.6 is 22.7 Å². The maximum Gasteiger partial charge on any atom is 0.117 e. The highest BCUT2D eigenvalue weighted by Gasteiger charge is 2.07. The highest BCUT2D eigenvalue weighted by Crippen LogP contribution is 2.31. The number of rotatable bonds is 4. The third-order valence-electron chi connectivity index (χ3n) is 4.37. The number of benzene rings is 3. The summed E-state index contributed by atoms with van der Waals surface area (Å²) < 4.78 is 2.39.